The Morgan fingerprint density at radius 1 is 1.27 bits per heavy atom. The number of ether oxygens (including phenoxy) is 1. The average Bonchev–Trinajstić information content (AvgIpc) is 2.72. The topological polar surface area (TPSA) is 156 Å². The van der Waals surface area contributed by atoms with Crippen molar-refractivity contribution in [2.24, 2.45) is 5.73 Å². The molecule has 162 valence electrons. The van der Waals surface area contributed by atoms with E-state index in [9.17, 15) is 9.59 Å². The van der Waals surface area contributed by atoms with Gasteiger partial charge in [0.1, 0.15) is 12.3 Å². The van der Waals surface area contributed by atoms with Crippen molar-refractivity contribution >= 4 is 17.7 Å². The van der Waals surface area contributed by atoms with Gasteiger partial charge < -0.3 is 21.1 Å². The third kappa shape index (κ3) is 7.09. The predicted octanol–water partition coefficient (Wildman–Crippen LogP) is -0.254. The van der Waals surface area contributed by atoms with E-state index in [2.05, 4.69) is 21.1 Å². The fraction of sp³-hybridized carbons (Fsp3) is 0.368. The Kier molecular flexibility index (Phi) is 8.63. The van der Waals surface area contributed by atoms with Gasteiger partial charge in [-0.25, -0.2) is 10.5 Å². The summed E-state index contributed by atoms with van der Waals surface area (Å²) < 4.78 is 6.49. The number of benzene rings is 1. The van der Waals surface area contributed by atoms with Crippen LogP contribution < -0.4 is 32.1 Å². The first kappa shape index (κ1) is 22.7. The summed E-state index contributed by atoms with van der Waals surface area (Å²) >= 11 is 0. The lowest BCUT2D eigenvalue weighted by Gasteiger charge is -2.13. The van der Waals surface area contributed by atoms with E-state index in [1.165, 1.54) is 4.57 Å². The Morgan fingerprint density at radius 2 is 2.00 bits per heavy atom. The van der Waals surface area contributed by atoms with Gasteiger partial charge in [-0.05, 0) is 31.0 Å². The summed E-state index contributed by atoms with van der Waals surface area (Å²) in [6.07, 6.45) is 2.25. The summed E-state index contributed by atoms with van der Waals surface area (Å²) in [7, 11) is 1.62. The Balaban J connectivity index is 1.88. The van der Waals surface area contributed by atoms with Gasteiger partial charge >= 0.3 is 0 Å². The van der Waals surface area contributed by atoms with Crippen molar-refractivity contribution in [3.8, 4) is 5.75 Å². The molecule has 1 aromatic carbocycles. The molecule has 1 amide bonds. The van der Waals surface area contributed by atoms with Crippen molar-refractivity contribution in [1.82, 2.24) is 20.3 Å². The number of carbonyl (C=O) groups is 1. The smallest absolute Gasteiger partial charge is 0.293 e. The number of rotatable bonds is 11. The van der Waals surface area contributed by atoms with E-state index in [4.69, 9.17) is 20.7 Å². The summed E-state index contributed by atoms with van der Waals surface area (Å²) in [4.78, 5) is 33.8. The SMILES string of the molecule is COc1ccc(CCNc2ncc(C)n(CC(=O)NCCONC(=N)N)c2=O)cc1. The first-order valence-electron chi connectivity index (χ1n) is 9.32. The van der Waals surface area contributed by atoms with Gasteiger partial charge in [-0.2, -0.15) is 0 Å². The second-order valence-electron chi connectivity index (χ2n) is 6.38. The van der Waals surface area contributed by atoms with Crippen LogP contribution in [0.3, 0.4) is 0 Å². The number of methoxy groups -OCH3 is 1. The fourth-order valence-electron chi connectivity index (χ4n) is 2.58. The molecule has 0 fully saturated rings. The van der Waals surface area contributed by atoms with Crippen LogP contribution >= 0.6 is 0 Å². The second kappa shape index (κ2) is 11.4. The minimum absolute atomic E-state index is 0.119. The molecule has 11 nitrogen and oxygen atoms in total. The molecular weight excluding hydrogens is 390 g/mol. The number of anilines is 1. The van der Waals surface area contributed by atoms with Crippen LogP contribution in [0.2, 0.25) is 0 Å². The van der Waals surface area contributed by atoms with Crippen LogP contribution in [0, 0.1) is 12.3 Å². The lowest BCUT2D eigenvalue weighted by Crippen LogP contribution is -2.37. The van der Waals surface area contributed by atoms with Crippen LogP contribution in [-0.4, -0.2) is 48.2 Å². The molecule has 0 saturated heterocycles. The van der Waals surface area contributed by atoms with Gasteiger partial charge in [0.2, 0.25) is 11.9 Å². The van der Waals surface area contributed by atoms with Gasteiger partial charge in [-0.1, -0.05) is 12.1 Å². The zero-order chi connectivity index (χ0) is 21.9. The molecule has 0 unspecified atom stereocenters. The van der Waals surface area contributed by atoms with Crippen molar-refractivity contribution in [3.05, 3.63) is 52.1 Å². The Hall–Kier alpha value is -3.60. The highest BCUT2D eigenvalue weighted by atomic mass is 16.6. The zero-order valence-electron chi connectivity index (χ0n) is 17.0. The number of hydroxylamine groups is 1. The molecule has 0 bridgehead atoms. The van der Waals surface area contributed by atoms with E-state index in [-0.39, 0.29) is 42.9 Å². The molecule has 1 aromatic heterocycles. The van der Waals surface area contributed by atoms with Crippen molar-refractivity contribution in [3.63, 3.8) is 0 Å². The van der Waals surface area contributed by atoms with Crippen LogP contribution in [0.15, 0.2) is 35.3 Å². The van der Waals surface area contributed by atoms with E-state index >= 15 is 0 Å². The number of nitrogens with one attached hydrogen (secondary N) is 4. The van der Waals surface area contributed by atoms with E-state index in [0.717, 1.165) is 11.3 Å². The summed E-state index contributed by atoms with van der Waals surface area (Å²) in [5, 5.41) is 12.6. The molecule has 11 heteroatoms. The lowest BCUT2D eigenvalue weighted by molar-refractivity contribution is -0.122. The molecule has 1 heterocycles. The molecule has 2 rings (SSSR count). The molecule has 0 spiro atoms. The van der Waals surface area contributed by atoms with Crippen molar-refractivity contribution in [2.45, 2.75) is 19.9 Å². The number of nitrogens with zero attached hydrogens (tertiary/aromatic N) is 2. The summed E-state index contributed by atoms with van der Waals surface area (Å²) in [5.74, 6) is 0.306. The number of aromatic nitrogens is 2. The number of hydrogen-bond donors (Lipinski definition) is 5. The first-order chi connectivity index (χ1) is 14.4. The molecule has 0 aliphatic rings. The standard InChI is InChI=1S/C19H27N7O4/c1-13-11-24-17(23-8-7-14-3-5-15(29-2)6-4-14)18(28)26(13)12-16(27)22-9-10-30-25-19(20)21/h3-6,11H,7-10,12H2,1-2H3,(H,22,27)(H,23,24)(H4,20,21,25). The highest BCUT2D eigenvalue weighted by Gasteiger charge is 2.11. The average molecular weight is 417 g/mol. The van der Waals surface area contributed by atoms with E-state index in [1.807, 2.05) is 24.3 Å². The van der Waals surface area contributed by atoms with Crippen molar-refractivity contribution < 1.29 is 14.4 Å². The monoisotopic (exact) mass is 417 g/mol. The van der Waals surface area contributed by atoms with E-state index in [1.54, 1.807) is 20.2 Å². The maximum Gasteiger partial charge on any atom is 0.293 e. The van der Waals surface area contributed by atoms with Crippen LogP contribution in [0.1, 0.15) is 11.3 Å². The molecule has 6 N–H and O–H groups in total. The van der Waals surface area contributed by atoms with E-state index < -0.39 is 0 Å². The van der Waals surface area contributed by atoms with Gasteiger partial charge in [-0.3, -0.25) is 24.4 Å². The number of hydrogen-bond acceptors (Lipinski definition) is 7. The van der Waals surface area contributed by atoms with Gasteiger partial charge in [0.05, 0.1) is 13.7 Å². The van der Waals surface area contributed by atoms with Crippen molar-refractivity contribution in [1.29, 1.82) is 5.41 Å². The number of carbonyl (C=O) groups excluding carboxylic acids is 1. The molecule has 0 saturated carbocycles. The summed E-state index contributed by atoms with van der Waals surface area (Å²) in [6.45, 7) is 2.41. The van der Waals surface area contributed by atoms with Crippen LogP contribution in [0.5, 0.6) is 5.75 Å². The van der Waals surface area contributed by atoms with Gasteiger partial charge in [-0.15, -0.1) is 0 Å². The highest BCUT2D eigenvalue weighted by molar-refractivity contribution is 5.75. The van der Waals surface area contributed by atoms with Crippen LogP contribution in [0.25, 0.3) is 0 Å². The largest absolute Gasteiger partial charge is 0.497 e. The molecule has 30 heavy (non-hydrogen) atoms. The summed E-state index contributed by atoms with van der Waals surface area (Å²) in [6, 6.07) is 7.68. The second-order valence-corrected chi connectivity index (χ2v) is 6.38. The van der Waals surface area contributed by atoms with Crippen LogP contribution in [-0.2, 0) is 22.6 Å². The normalized spacial score (nSPS) is 10.3. The molecule has 0 radical (unpaired) electrons. The summed E-state index contributed by atoms with van der Waals surface area (Å²) in [5.41, 5.74) is 8.53. The quantitative estimate of drug-likeness (QED) is 0.145. The number of aryl methyl sites for hydroxylation is 1. The maximum atomic E-state index is 12.7. The zero-order valence-corrected chi connectivity index (χ0v) is 17.0. The molecular formula is C19H27N7O4. The Morgan fingerprint density at radius 3 is 2.67 bits per heavy atom. The predicted molar refractivity (Wildman–Crippen MR) is 112 cm³/mol. The van der Waals surface area contributed by atoms with E-state index in [0.29, 0.717) is 18.7 Å². The molecule has 0 aliphatic carbocycles. The maximum absolute atomic E-state index is 12.7. The lowest BCUT2D eigenvalue weighted by atomic mass is 10.1. The fourth-order valence-corrected chi connectivity index (χ4v) is 2.58. The number of amides is 1. The third-order valence-corrected chi connectivity index (χ3v) is 4.13. The van der Waals surface area contributed by atoms with Gasteiger partial charge in [0.15, 0.2) is 5.82 Å². The van der Waals surface area contributed by atoms with Gasteiger partial charge in [0.25, 0.3) is 5.56 Å². The molecule has 0 atom stereocenters. The first-order valence-corrected chi connectivity index (χ1v) is 9.32. The van der Waals surface area contributed by atoms with Crippen molar-refractivity contribution in [2.75, 3.05) is 32.1 Å². The highest BCUT2D eigenvalue weighted by Crippen LogP contribution is 2.11. The third-order valence-electron chi connectivity index (χ3n) is 4.13. The Bertz CT molecular complexity index is 912. The Labute approximate surface area is 174 Å². The minimum atomic E-state index is -0.366. The molecule has 2 aromatic rings. The minimum Gasteiger partial charge on any atom is -0.497 e. The van der Waals surface area contributed by atoms with Crippen LogP contribution in [0.4, 0.5) is 5.82 Å². The number of nitrogens with two attached hydrogens (primary N) is 1. The number of guanidine groups is 1. The van der Waals surface area contributed by atoms with Gasteiger partial charge in [0, 0.05) is 25.0 Å². The molecule has 0 aliphatic heterocycles.